The zero-order chi connectivity index (χ0) is 15.5. The van der Waals surface area contributed by atoms with Crippen molar-refractivity contribution in [1.82, 2.24) is 0 Å². The number of carbonyl (C=O) groups excluding carboxylic acids is 1. The Kier molecular flexibility index (Phi) is 4.39. The summed E-state index contributed by atoms with van der Waals surface area (Å²) < 4.78 is 0.959. The van der Waals surface area contributed by atoms with Gasteiger partial charge in [-0.2, -0.15) is 0 Å². The minimum Gasteiger partial charge on any atom is -0.399 e. The second kappa shape index (κ2) is 6.44. The van der Waals surface area contributed by atoms with Gasteiger partial charge in [-0.1, -0.05) is 39.3 Å². The van der Waals surface area contributed by atoms with E-state index < -0.39 is 0 Å². The molecule has 0 saturated carbocycles. The van der Waals surface area contributed by atoms with Crippen molar-refractivity contribution in [3.8, 4) is 0 Å². The van der Waals surface area contributed by atoms with Gasteiger partial charge in [-0.3, -0.25) is 4.79 Å². The molecule has 0 saturated heterocycles. The Morgan fingerprint density at radius 2 is 1.91 bits per heavy atom. The van der Waals surface area contributed by atoms with Crippen molar-refractivity contribution in [1.29, 1.82) is 0 Å². The Bertz CT molecular complexity index is 735. The number of hydrogen-bond donors (Lipinski definition) is 0. The molecule has 0 unspecified atom stereocenters. The number of hydrogen-bond acceptors (Lipinski definition) is 3. The van der Waals surface area contributed by atoms with Crippen LogP contribution in [-0.2, 0) is 11.3 Å². The van der Waals surface area contributed by atoms with E-state index in [-0.39, 0.29) is 5.78 Å². The molecule has 0 aliphatic heterocycles. The highest BCUT2D eigenvalue weighted by atomic mass is 79.9. The lowest BCUT2D eigenvalue weighted by Gasteiger charge is -2.20. The summed E-state index contributed by atoms with van der Waals surface area (Å²) in [6, 6.07) is 13.3. The van der Waals surface area contributed by atoms with Crippen LogP contribution in [0.3, 0.4) is 0 Å². The number of nitrogens with zero attached hydrogens (tertiary/aromatic N) is 1. The van der Waals surface area contributed by atoms with E-state index in [1.807, 2.05) is 36.4 Å². The van der Waals surface area contributed by atoms with Gasteiger partial charge in [0.25, 0.3) is 0 Å². The average Bonchev–Trinajstić information content (AvgIpc) is 2.55. The fourth-order valence-electron chi connectivity index (χ4n) is 2.87. The van der Waals surface area contributed by atoms with Gasteiger partial charge >= 0.3 is 0 Å². The highest BCUT2D eigenvalue weighted by molar-refractivity contribution is 9.10. The van der Waals surface area contributed by atoms with Crippen LogP contribution < -0.4 is 0 Å². The number of aryl methyl sites for hydroxylation is 1. The summed E-state index contributed by atoms with van der Waals surface area (Å²) in [6.07, 6.45) is 2.84. The summed E-state index contributed by atoms with van der Waals surface area (Å²) in [5.74, 6) is 0.0232. The number of benzene rings is 2. The van der Waals surface area contributed by atoms with Crippen molar-refractivity contribution in [2.24, 2.45) is 5.16 Å². The van der Waals surface area contributed by atoms with Crippen molar-refractivity contribution in [3.63, 3.8) is 0 Å². The third kappa shape index (κ3) is 2.83. The first kappa shape index (κ1) is 15.0. The second-order valence-corrected chi connectivity index (χ2v) is 6.17. The molecule has 22 heavy (non-hydrogen) atoms. The molecular formula is C18H16BrNO2. The number of ketones is 1. The normalized spacial score (nSPS) is 15.5. The van der Waals surface area contributed by atoms with Crippen molar-refractivity contribution >= 4 is 27.4 Å². The fraction of sp³-hybridized carbons (Fsp3) is 0.222. The molecule has 0 N–H and O–H groups in total. The second-order valence-electron chi connectivity index (χ2n) is 5.25. The molecule has 2 aromatic carbocycles. The van der Waals surface area contributed by atoms with Gasteiger partial charge in [0.2, 0.25) is 0 Å². The molecule has 0 radical (unpaired) electrons. The van der Waals surface area contributed by atoms with Gasteiger partial charge in [-0.15, -0.1) is 0 Å². The quantitative estimate of drug-likeness (QED) is 0.604. The summed E-state index contributed by atoms with van der Waals surface area (Å²) in [5.41, 5.74) is 4.37. The Hall–Kier alpha value is -1.94. The lowest BCUT2D eigenvalue weighted by Crippen LogP contribution is -2.18. The van der Waals surface area contributed by atoms with Crippen LogP contribution >= 0.6 is 15.9 Å². The molecule has 0 atom stereocenters. The predicted octanol–water partition coefficient (Wildman–Crippen LogP) is 4.37. The van der Waals surface area contributed by atoms with Crippen molar-refractivity contribution in [2.45, 2.75) is 19.3 Å². The molecule has 1 aliphatic carbocycles. The molecule has 3 rings (SSSR count). The van der Waals surface area contributed by atoms with Gasteiger partial charge in [0.05, 0.1) is 5.71 Å². The fourth-order valence-corrected chi connectivity index (χ4v) is 3.13. The van der Waals surface area contributed by atoms with Gasteiger partial charge < -0.3 is 4.84 Å². The first-order valence-corrected chi connectivity index (χ1v) is 8.02. The minimum absolute atomic E-state index is 0.0232. The first-order valence-electron chi connectivity index (χ1n) is 7.23. The van der Waals surface area contributed by atoms with Crippen LogP contribution in [-0.4, -0.2) is 18.6 Å². The zero-order valence-electron chi connectivity index (χ0n) is 12.3. The third-order valence-electron chi connectivity index (χ3n) is 3.85. The standard InChI is InChI=1S/C18H16BrNO2/c1-22-20-16-7-3-5-12-4-2-6-15(17(12)16)18(21)13-8-10-14(19)11-9-13/h2,4,6,8-11H,3,5,7H2,1H3/b20-16+. The summed E-state index contributed by atoms with van der Waals surface area (Å²) in [7, 11) is 1.54. The van der Waals surface area contributed by atoms with E-state index in [1.165, 1.54) is 5.56 Å². The Labute approximate surface area is 138 Å². The van der Waals surface area contributed by atoms with Crippen LogP contribution in [0.4, 0.5) is 0 Å². The molecule has 0 bridgehead atoms. The average molecular weight is 358 g/mol. The maximum Gasteiger partial charge on any atom is 0.193 e. The summed E-state index contributed by atoms with van der Waals surface area (Å²) in [4.78, 5) is 17.8. The summed E-state index contributed by atoms with van der Waals surface area (Å²) in [6.45, 7) is 0. The molecule has 0 spiro atoms. The number of oxime groups is 1. The first-order chi connectivity index (χ1) is 10.7. The predicted molar refractivity (Wildman–Crippen MR) is 90.5 cm³/mol. The van der Waals surface area contributed by atoms with E-state index in [0.717, 1.165) is 35.0 Å². The van der Waals surface area contributed by atoms with Gasteiger partial charge in [0.15, 0.2) is 5.78 Å². The smallest absolute Gasteiger partial charge is 0.193 e. The van der Waals surface area contributed by atoms with Gasteiger partial charge in [0, 0.05) is 21.2 Å². The molecule has 0 amide bonds. The molecular weight excluding hydrogens is 342 g/mol. The van der Waals surface area contributed by atoms with Gasteiger partial charge in [-0.25, -0.2) is 0 Å². The molecule has 0 fully saturated rings. The molecule has 0 heterocycles. The highest BCUT2D eigenvalue weighted by Crippen LogP contribution is 2.27. The SMILES string of the molecule is CO/N=C1\CCCc2cccc(C(=O)c3ccc(Br)cc3)c21. The number of rotatable bonds is 3. The number of fused-ring (bicyclic) bond motifs is 1. The van der Waals surface area contributed by atoms with E-state index >= 15 is 0 Å². The summed E-state index contributed by atoms with van der Waals surface area (Å²) >= 11 is 3.39. The molecule has 3 nitrogen and oxygen atoms in total. The highest BCUT2D eigenvalue weighted by Gasteiger charge is 2.23. The van der Waals surface area contributed by atoms with E-state index in [2.05, 4.69) is 27.2 Å². The summed E-state index contributed by atoms with van der Waals surface area (Å²) in [5, 5.41) is 4.13. The van der Waals surface area contributed by atoms with E-state index in [1.54, 1.807) is 7.11 Å². The Balaban J connectivity index is 2.10. The third-order valence-corrected chi connectivity index (χ3v) is 4.38. The van der Waals surface area contributed by atoms with Crippen LogP contribution in [0.25, 0.3) is 0 Å². The largest absolute Gasteiger partial charge is 0.399 e. The maximum atomic E-state index is 12.9. The van der Waals surface area contributed by atoms with Crippen molar-refractivity contribution < 1.29 is 9.63 Å². The molecule has 4 heteroatoms. The van der Waals surface area contributed by atoms with Crippen LogP contribution in [0.5, 0.6) is 0 Å². The lowest BCUT2D eigenvalue weighted by atomic mass is 9.84. The monoisotopic (exact) mass is 357 g/mol. The lowest BCUT2D eigenvalue weighted by molar-refractivity contribution is 0.103. The minimum atomic E-state index is 0.0232. The number of halogens is 1. The van der Waals surface area contributed by atoms with E-state index in [4.69, 9.17) is 4.84 Å². The van der Waals surface area contributed by atoms with Crippen LogP contribution in [0.15, 0.2) is 52.1 Å². The molecule has 2 aromatic rings. The van der Waals surface area contributed by atoms with Crippen LogP contribution in [0, 0.1) is 0 Å². The molecule has 112 valence electrons. The van der Waals surface area contributed by atoms with Gasteiger partial charge in [0.1, 0.15) is 7.11 Å². The van der Waals surface area contributed by atoms with E-state index in [9.17, 15) is 4.79 Å². The van der Waals surface area contributed by atoms with Crippen LogP contribution in [0.1, 0.15) is 39.9 Å². The van der Waals surface area contributed by atoms with Crippen molar-refractivity contribution in [3.05, 3.63) is 69.2 Å². The van der Waals surface area contributed by atoms with Gasteiger partial charge in [-0.05, 0) is 49.1 Å². The maximum absolute atomic E-state index is 12.9. The molecule has 1 aliphatic rings. The Morgan fingerprint density at radius 1 is 1.14 bits per heavy atom. The topological polar surface area (TPSA) is 38.7 Å². The molecule has 0 aromatic heterocycles. The van der Waals surface area contributed by atoms with E-state index in [0.29, 0.717) is 11.1 Å². The van der Waals surface area contributed by atoms with Crippen LogP contribution in [0.2, 0.25) is 0 Å². The zero-order valence-corrected chi connectivity index (χ0v) is 13.9. The van der Waals surface area contributed by atoms with Crippen molar-refractivity contribution in [2.75, 3.05) is 7.11 Å². The number of carbonyl (C=O) groups is 1. The Morgan fingerprint density at radius 3 is 2.64 bits per heavy atom.